The summed E-state index contributed by atoms with van der Waals surface area (Å²) < 4.78 is 33.8. The molecule has 3 heterocycles. The summed E-state index contributed by atoms with van der Waals surface area (Å²) in [5.74, 6) is -0.281. The topological polar surface area (TPSA) is 307 Å². The number of nitrogens with one attached hydrogen (secondary N) is 1. The second kappa shape index (κ2) is 27.8. The number of aliphatic hydroxyl groups is 11. The van der Waals surface area contributed by atoms with Crippen LogP contribution in [-0.4, -0.2) is 193 Å². The van der Waals surface area contributed by atoms with Gasteiger partial charge in [-0.2, -0.15) is 0 Å². The summed E-state index contributed by atoms with van der Waals surface area (Å²) >= 11 is 0. The van der Waals surface area contributed by atoms with Crippen LogP contribution in [0.3, 0.4) is 0 Å². The molecule has 0 aromatic carbocycles. The predicted molar refractivity (Wildman–Crippen MR) is 208 cm³/mol. The molecule has 0 spiro atoms. The highest BCUT2D eigenvalue weighted by atomic mass is 16.8. The van der Waals surface area contributed by atoms with Crippen LogP contribution in [0.5, 0.6) is 0 Å². The van der Waals surface area contributed by atoms with Gasteiger partial charge in [-0.05, 0) is 12.8 Å². The van der Waals surface area contributed by atoms with E-state index in [1.807, 2.05) is 6.92 Å². The lowest BCUT2D eigenvalue weighted by atomic mass is 9.96. The molecular weight excluding hydrogens is 782 g/mol. The first kappa shape index (κ1) is 52.1. The Morgan fingerprint density at radius 3 is 1.46 bits per heavy atom. The molecule has 0 aromatic heterocycles. The maximum absolute atomic E-state index is 12.7. The molecule has 0 aromatic rings. The largest absolute Gasteiger partial charge is 0.394 e. The second-order valence-electron chi connectivity index (χ2n) is 16.2. The zero-order chi connectivity index (χ0) is 43.5. The molecule has 17 unspecified atom stereocenters. The number of aliphatic hydroxyl groups excluding tert-OH is 11. The van der Waals surface area contributed by atoms with Gasteiger partial charge in [-0.1, -0.05) is 97.3 Å². The fraction of sp³-hybridized carbons (Fsp3) is 0.975. The minimum absolute atomic E-state index is 0.243. The molecule has 1 amide bonds. The van der Waals surface area contributed by atoms with E-state index in [0.29, 0.717) is 12.8 Å². The molecule has 0 radical (unpaired) electrons. The van der Waals surface area contributed by atoms with Crippen molar-refractivity contribution in [3.8, 4) is 0 Å². The van der Waals surface area contributed by atoms with E-state index >= 15 is 0 Å². The van der Waals surface area contributed by atoms with E-state index < -0.39 is 124 Å². The maximum Gasteiger partial charge on any atom is 0.220 e. The van der Waals surface area contributed by atoms with Crippen molar-refractivity contribution < 1.29 is 89.4 Å². The molecule has 59 heavy (non-hydrogen) atoms. The summed E-state index contributed by atoms with van der Waals surface area (Å²) in [6.07, 6.45) is -10.4. The molecule has 19 nitrogen and oxygen atoms in total. The lowest BCUT2D eigenvalue weighted by Crippen LogP contribution is -2.66. The van der Waals surface area contributed by atoms with Gasteiger partial charge in [0.25, 0.3) is 0 Å². The molecule has 0 aliphatic carbocycles. The quantitative estimate of drug-likeness (QED) is 0.0402. The van der Waals surface area contributed by atoms with E-state index in [1.54, 1.807) is 0 Å². The van der Waals surface area contributed by atoms with E-state index in [1.165, 1.54) is 51.4 Å². The molecular formula is C40H75NO18. The minimum atomic E-state index is -1.96. The Morgan fingerprint density at radius 2 is 0.966 bits per heavy atom. The van der Waals surface area contributed by atoms with Crippen molar-refractivity contribution in [1.29, 1.82) is 0 Å². The maximum atomic E-state index is 12.7. The van der Waals surface area contributed by atoms with Crippen molar-refractivity contribution >= 4 is 5.91 Å². The summed E-state index contributed by atoms with van der Waals surface area (Å²) in [6.45, 7) is 1.46. The first-order chi connectivity index (χ1) is 28.3. The van der Waals surface area contributed by atoms with Crippen molar-refractivity contribution in [2.24, 2.45) is 0 Å². The number of hydrogen-bond acceptors (Lipinski definition) is 18. The zero-order valence-corrected chi connectivity index (χ0v) is 34.7. The lowest BCUT2D eigenvalue weighted by Gasteiger charge is -2.48. The molecule has 0 bridgehead atoms. The Kier molecular flexibility index (Phi) is 24.5. The molecule has 3 rings (SSSR count). The summed E-state index contributed by atoms with van der Waals surface area (Å²) in [5, 5.41) is 118. The van der Waals surface area contributed by atoms with Gasteiger partial charge in [0.15, 0.2) is 18.9 Å². The Labute approximate surface area is 347 Å². The van der Waals surface area contributed by atoms with Crippen molar-refractivity contribution in [2.75, 3.05) is 26.4 Å². The number of unbranched alkanes of at least 4 members (excludes halogenated alkanes) is 12. The minimum Gasteiger partial charge on any atom is -0.394 e. The van der Waals surface area contributed by atoms with Gasteiger partial charge in [0, 0.05) is 6.42 Å². The number of hydrogen-bond donors (Lipinski definition) is 12. The highest BCUT2D eigenvalue weighted by Gasteiger charge is 2.53. The van der Waals surface area contributed by atoms with Gasteiger partial charge in [-0.3, -0.25) is 4.79 Å². The van der Waals surface area contributed by atoms with E-state index in [4.69, 9.17) is 28.4 Å². The van der Waals surface area contributed by atoms with Crippen LogP contribution in [0.1, 0.15) is 117 Å². The Hall–Kier alpha value is -1.21. The third-order valence-corrected chi connectivity index (χ3v) is 11.4. The van der Waals surface area contributed by atoms with Gasteiger partial charge >= 0.3 is 0 Å². The zero-order valence-electron chi connectivity index (χ0n) is 34.7. The average molecular weight is 858 g/mol. The normalized spacial score (nSPS) is 36.3. The predicted octanol–water partition coefficient (Wildman–Crippen LogP) is -1.42. The molecule has 19 heteroatoms. The van der Waals surface area contributed by atoms with Crippen molar-refractivity contribution in [2.45, 2.75) is 221 Å². The highest BCUT2D eigenvalue weighted by molar-refractivity contribution is 5.76. The third-order valence-electron chi connectivity index (χ3n) is 11.4. The smallest absolute Gasteiger partial charge is 0.220 e. The summed E-state index contributed by atoms with van der Waals surface area (Å²) in [6, 6.07) is -0.873. The van der Waals surface area contributed by atoms with Gasteiger partial charge in [-0.15, -0.1) is 0 Å². The Balaban J connectivity index is 1.55. The lowest BCUT2D eigenvalue weighted by molar-refractivity contribution is -0.379. The van der Waals surface area contributed by atoms with Gasteiger partial charge < -0.3 is 89.9 Å². The van der Waals surface area contributed by atoms with Gasteiger partial charge in [0.1, 0.15) is 73.2 Å². The van der Waals surface area contributed by atoms with E-state index in [-0.39, 0.29) is 18.9 Å². The van der Waals surface area contributed by atoms with E-state index in [2.05, 4.69) is 12.2 Å². The SMILES string of the molecule is CCCCCCCCCCCCCCC(O)C(COC1OC(CO)C(OC2OC(CO)C(OC3OC(CO)C(O)C(O)C3O)C(O)C2O)C(O)C1O)NC(=O)CCCC. The summed E-state index contributed by atoms with van der Waals surface area (Å²) in [5.41, 5.74) is 0. The van der Waals surface area contributed by atoms with Crippen LogP contribution in [0.25, 0.3) is 0 Å². The number of rotatable bonds is 28. The van der Waals surface area contributed by atoms with Crippen LogP contribution in [0.2, 0.25) is 0 Å². The van der Waals surface area contributed by atoms with Gasteiger partial charge in [0.2, 0.25) is 5.91 Å². The standard InChI is InChI=1S/C40H75NO18/c1-3-5-7-8-9-10-11-12-13-14-15-16-17-24(45)23(41-28(46)18-6-4-2)22-54-38-34(52)31(49)36(26(20-43)56-38)59-40-35(53)32(50)37(27(21-44)57-40)58-39-33(51)30(48)29(47)25(19-42)55-39/h23-27,29-40,42-45,47-53H,3-22H2,1-2H3,(H,41,46). The fourth-order valence-electron chi connectivity index (χ4n) is 7.64. The molecule has 0 saturated carbocycles. The summed E-state index contributed by atoms with van der Waals surface area (Å²) in [7, 11) is 0. The first-order valence-electron chi connectivity index (χ1n) is 21.8. The molecule has 3 aliphatic heterocycles. The molecule has 3 aliphatic rings. The van der Waals surface area contributed by atoms with E-state index in [9.17, 15) is 61.0 Å². The first-order valence-corrected chi connectivity index (χ1v) is 21.8. The van der Waals surface area contributed by atoms with E-state index in [0.717, 1.165) is 32.1 Å². The van der Waals surface area contributed by atoms with Crippen LogP contribution in [0, 0.1) is 0 Å². The fourth-order valence-corrected chi connectivity index (χ4v) is 7.64. The van der Waals surface area contributed by atoms with Crippen molar-refractivity contribution in [1.82, 2.24) is 5.32 Å². The Bertz CT molecular complexity index is 1120. The van der Waals surface area contributed by atoms with Gasteiger partial charge in [-0.25, -0.2) is 0 Å². The number of carbonyl (C=O) groups is 1. The Morgan fingerprint density at radius 1 is 0.542 bits per heavy atom. The van der Waals surface area contributed by atoms with Crippen molar-refractivity contribution in [3.63, 3.8) is 0 Å². The van der Waals surface area contributed by atoms with Crippen LogP contribution in [-0.2, 0) is 33.2 Å². The second-order valence-corrected chi connectivity index (χ2v) is 16.2. The van der Waals surface area contributed by atoms with Crippen LogP contribution < -0.4 is 5.32 Å². The third kappa shape index (κ3) is 15.8. The molecule has 12 N–H and O–H groups in total. The number of ether oxygens (including phenoxy) is 6. The number of amides is 1. The monoisotopic (exact) mass is 857 g/mol. The summed E-state index contributed by atoms with van der Waals surface area (Å²) in [4.78, 5) is 12.7. The van der Waals surface area contributed by atoms with Gasteiger partial charge in [0.05, 0.1) is 38.6 Å². The van der Waals surface area contributed by atoms with Crippen LogP contribution in [0.15, 0.2) is 0 Å². The molecule has 3 fully saturated rings. The van der Waals surface area contributed by atoms with Crippen LogP contribution >= 0.6 is 0 Å². The van der Waals surface area contributed by atoms with Crippen molar-refractivity contribution in [3.05, 3.63) is 0 Å². The molecule has 17 atom stereocenters. The molecule has 348 valence electrons. The van der Waals surface area contributed by atoms with Crippen LogP contribution in [0.4, 0.5) is 0 Å². The average Bonchev–Trinajstić information content (AvgIpc) is 3.23. The number of carbonyl (C=O) groups excluding carboxylic acids is 1. The molecule has 3 saturated heterocycles. The highest BCUT2D eigenvalue weighted by Crippen LogP contribution is 2.33.